The number of hydrogen-bond acceptors (Lipinski definition) is 16. The second-order valence-corrected chi connectivity index (χ2v) is 11.3. The summed E-state index contributed by atoms with van der Waals surface area (Å²) < 4.78 is 37.6. The summed E-state index contributed by atoms with van der Waals surface area (Å²) in [6, 6.07) is -1.12. The minimum atomic E-state index is -4.88. The van der Waals surface area contributed by atoms with Crippen molar-refractivity contribution in [3.8, 4) is 0 Å². The van der Waals surface area contributed by atoms with Gasteiger partial charge in [-0.2, -0.15) is 4.98 Å². The summed E-state index contributed by atoms with van der Waals surface area (Å²) >= 11 is 0. The summed E-state index contributed by atoms with van der Waals surface area (Å²) in [7, 11) is -3.42. The number of aliphatic hydroxyl groups is 3. The topological polar surface area (TPSA) is 319 Å². The average Bonchev–Trinajstić information content (AvgIpc) is 3.74. The van der Waals surface area contributed by atoms with Crippen LogP contribution in [0.1, 0.15) is 24.6 Å². The zero-order valence-electron chi connectivity index (χ0n) is 23.2. The number of phosphoric acid groups is 1. The number of hydrogen-bond donors (Lipinski definition) is 8. The number of nitrogen functional groups attached to an aromatic ring is 1. The maximum Gasteiger partial charge on any atom is 0.472 e. The molecule has 5 heterocycles. The van der Waals surface area contributed by atoms with Crippen molar-refractivity contribution < 1.29 is 43.3 Å². The molecule has 11 N–H and O–H groups in total. The van der Waals surface area contributed by atoms with Gasteiger partial charge >= 0.3 is 7.82 Å². The minimum absolute atomic E-state index is 0.0192. The van der Waals surface area contributed by atoms with E-state index in [0.29, 0.717) is 0 Å². The van der Waals surface area contributed by atoms with Crippen molar-refractivity contribution in [1.82, 2.24) is 29.1 Å². The molecule has 2 saturated heterocycles. The first-order chi connectivity index (χ1) is 20.9. The van der Waals surface area contributed by atoms with Gasteiger partial charge in [0, 0.05) is 13.5 Å². The van der Waals surface area contributed by atoms with Crippen LogP contribution in [0.5, 0.6) is 0 Å². The largest absolute Gasteiger partial charge is 0.472 e. The molecule has 0 saturated carbocycles. The lowest BCUT2D eigenvalue weighted by molar-refractivity contribution is -0.0521. The molecule has 9 atom stereocenters. The molecule has 3 aromatic rings. The molecule has 240 valence electrons. The summed E-state index contributed by atoms with van der Waals surface area (Å²) in [6.07, 6.45) is -6.43. The van der Waals surface area contributed by atoms with Gasteiger partial charge < -0.3 is 46.9 Å². The molecule has 22 heteroatoms. The van der Waals surface area contributed by atoms with E-state index in [1.54, 1.807) is 0 Å². The quantitative estimate of drug-likeness (QED) is 0.0587. The Morgan fingerprint density at radius 2 is 1.91 bits per heavy atom. The first-order valence-corrected chi connectivity index (χ1v) is 14.6. The number of phosphoric ester groups is 1. The molecule has 44 heavy (non-hydrogen) atoms. The summed E-state index contributed by atoms with van der Waals surface area (Å²) in [5, 5.41) is 31.0. The van der Waals surface area contributed by atoms with Crippen LogP contribution in [-0.2, 0) is 23.1 Å². The maximum absolute atomic E-state index is 13.0. The standard InChI is InChI=1S/C22H32N11O10P/c1-26-16(24)11-17(27-2)32(6-28-11)20-14(36)13(35)8(41-20)3-4-40-44(38,39)43-15-10(23)9(5-34)42-21(15)33-7-29-12-18(33)30-22(25)31-19(12)37/h6-10,13-15,20-21,34-36H,2-5,23H2,1H3,(H2,24,26)(H,38,39)(H3,25,30,31,37)/t8-,9-,10-,13-,14-,15-,20-,21-/m1/s1. The van der Waals surface area contributed by atoms with Gasteiger partial charge in [-0.05, 0) is 6.72 Å². The summed E-state index contributed by atoms with van der Waals surface area (Å²) in [4.78, 5) is 44.9. The number of aliphatic hydroxyl groups excluding tert-OH is 3. The van der Waals surface area contributed by atoms with Crippen molar-refractivity contribution in [2.45, 2.75) is 55.4 Å². The molecule has 0 aromatic carbocycles. The smallest absolute Gasteiger partial charge is 0.394 e. The maximum atomic E-state index is 13.0. The highest BCUT2D eigenvalue weighted by Gasteiger charge is 2.49. The fourth-order valence-corrected chi connectivity index (χ4v) is 5.99. The summed E-state index contributed by atoms with van der Waals surface area (Å²) in [5.74, 6) is -0.00136. The van der Waals surface area contributed by atoms with Crippen LogP contribution in [0.15, 0.2) is 27.4 Å². The molecule has 0 spiro atoms. The molecule has 5 rings (SSSR count). The van der Waals surface area contributed by atoms with Crippen LogP contribution in [0.4, 0.5) is 11.8 Å². The van der Waals surface area contributed by atoms with E-state index in [0.717, 1.165) is 0 Å². The number of rotatable bonds is 11. The van der Waals surface area contributed by atoms with Crippen LogP contribution in [0.25, 0.3) is 11.2 Å². The van der Waals surface area contributed by atoms with Gasteiger partial charge in [0.25, 0.3) is 5.56 Å². The lowest BCUT2D eigenvalue weighted by atomic mass is 10.1. The van der Waals surface area contributed by atoms with Crippen molar-refractivity contribution in [3.05, 3.63) is 28.7 Å². The van der Waals surface area contributed by atoms with Crippen molar-refractivity contribution in [3.63, 3.8) is 0 Å². The molecule has 1 unspecified atom stereocenters. The number of nitrogens with zero attached hydrogens (tertiary/aromatic N) is 7. The van der Waals surface area contributed by atoms with E-state index in [1.165, 1.54) is 28.8 Å². The Morgan fingerprint density at radius 1 is 1.20 bits per heavy atom. The van der Waals surface area contributed by atoms with Crippen LogP contribution in [0, 0.1) is 0 Å². The third kappa shape index (κ3) is 5.77. The molecular weight excluding hydrogens is 609 g/mol. The van der Waals surface area contributed by atoms with Gasteiger partial charge in [-0.1, -0.05) is 0 Å². The monoisotopic (exact) mass is 641 g/mol. The Balaban J connectivity index is 1.27. The lowest BCUT2D eigenvalue weighted by Gasteiger charge is -2.24. The van der Waals surface area contributed by atoms with E-state index in [2.05, 4.69) is 36.6 Å². The first-order valence-electron chi connectivity index (χ1n) is 13.1. The van der Waals surface area contributed by atoms with Gasteiger partial charge in [-0.25, -0.2) is 19.5 Å². The molecule has 3 aromatic heterocycles. The number of nitrogens with one attached hydrogen (secondary N) is 1. The molecule has 2 aliphatic heterocycles. The number of H-pyrrole nitrogens is 1. The molecule has 21 nitrogen and oxygen atoms in total. The Bertz CT molecular complexity index is 1660. The van der Waals surface area contributed by atoms with Crippen LogP contribution in [0.2, 0.25) is 0 Å². The average molecular weight is 642 g/mol. The van der Waals surface area contributed by atoms with Crippen LogP contribution in [0.3, 0.4) is 0 Å². The third-order valence-corrected chi connectivity index (χ3v) is 8.25. The number of anilines is 1. The lowest BCUT2D eigenvalue weighted by Crippen LogP contribution is -2.42. The fraction of sp³-hybridized carbons (Fsp3) is 0.545. The third-order valence-electron chi connectivity index (χ3n) is 7.23. The number of ether oxygens (including phenoxy) is 2. The van der Waals surface area contributed by atoms with Gasteiger partial charge in [0.05, 0.1) is 38.0 Å². The van der Waals surface area contributed by atoms with E-state index in [9.17, 15) is 29.6 Å². The van der Waals surface area contributed by atoms with E-state index in [-0.39, 0.29) is 40.9 Å². The van der Waals surface area contributed by atoms with Crippen molar-refractivity contribution in [2.75, 3.05) is 26.0 Å². The van der Waals surface area contributed by atoms with E-state index < -0.39 is 75.6 Å². The number of amidine groups is 1. The first kappa shape index (κ1) is 31.8. The van der Waals surface area contributed by atoms with E-state index >= 15 is 0 Å². The second kappa shape index (κ2) is 12.4. The molecule has 0 bridgehead atoms. The molecular formula is C22H32N11O10P. The normalized spacial score (nSPS) is 30.6. The highest BCUT2D eigenvalue weighted by Crippen LogP contribution is 2.49. The van der Waals surface area contributed by atoms with Crippen molar-refractivity contribution >= 4 is 43.3 Å². The predicted molar refractivity (Wildman–Crippen MR) is 151 cm³/mol. The SMILES string of the molecule is C=Nc1c(/C(N)=N\C)ncn1[C@@H]1O[C@H](CCOP(=O)(O)O[C@@H]2[C@H](N)[C@@H](CO)O[C@H]2n2cnc3c(=O)[nH]c(N)nc32)[C@@H](O)[C@H]1O. The number of aromatic amines is 1. The summed E-state index contributed by atoms with van der Waals surface area (Å²) in [6.45, 7) is 2.45. The Kier molecular flexibility index (Phi) is 8.96. The molecule has 2 fully saturated rings. The number of imidazole rings is 2. The number of aliphatic imine (C=N–C) groups is 2. The fourth-order valence-electron chi connectivity index (χ4n) is 5.04. The molecule has 0 radical (unpaired) electrons. The van der Waals surface area contributed by atoms with Gasteiger partial charge in [-0.3, -0.25) is 33.0 Å². The molecule has 0 aliphatic carbocycles. The number of fused-ring (bicyclic) bond motifs is 1. The number of aromatic nitrogens is 6. The number of nitrogens with two attached hydrogens (primary N) is 3. The highest BCUT2D eigenvalue weighted by molar-refractivity contribution is 7.47. The van der Waals surface area contributed by atoms with E-state index in [4.69, 9.17) is 35.7 Å². The molecule has 0 amide bonds. The van der Waals surface area contributed by atoms with Gasteiger partial charge in [0.1, 0.15) is 35.9 Å². The second-order valence-electron chi connectivity index (χ2n) is 9.90. The minimum Gasteiger partial charge on any atom is -0.394 e. The molecule has 2 aliphatic rings. The van der Waals surface area contributed by atoms with Crippen LogP contribution in [-0.4, -0.2) is 119 Å². The zero-order chi connectivity index (χ0) is 31.9. The van der Waals surface area contributed by atoms with Gasteiger partial charge in [0.15, 0.2) is 29.4 Å². The highest BCUT2D eigenvalue weighted by atomic mass is 31.2. The Morgan fingerprint density at radius 3 is 2.59 bits per heavy atom. The van der Waals surface area contributed by atoms with Crippen molar-refractivity contribution in [2.24, 2.45) is 21.5 Å². The van der Waals surface area contributed by atoms with Crippen LogP contribution < -0.4 is 22.8 Å². The van der Waals surface area contributed by atoms with Gasteiger partial charge in [-0.15, -0.1) is 0 Å². The predicted octanol–water partition coefficient (Wildman–Crippen LogP) is -3.01. The van der Waals surface area contributed by atoms with E-state index in [1.807, 2.05) is 0 Å². The van der Waals surface area contributed by atoms with Crippen LogP contribution >= 0.6 is 7.82 Å². The van der Waals surface area contributed by atoms with Gasteiger partial charge in [0.2, 0.25) is 5.95 Å². The van der Waals surface area contributed by atoms with Crippen molar-refractivity contribution in [1.29, 1.82) is 0 Å². The zero-order valence-corrected chi connectivity index (χ0v) is 24.0. The summed E-state index contributed by atoms with van der Waals surface area (Å²) in [5.41, 5.74) is 17.1. The Hall–Kier alpha value is -3.63. The Labute approximate surface area is 247 Å².